The molecular weight excluding hydrogens is 152 g/mol. The average Bonchev–Trinajstić information content (AvgIpc) is 1.98. The topological polar surface area (TPSA) is 40.5 Å². The molecule has 2 nitrogen and oxygen atoms in total. The van der Waals surface area contributed by atoms with Gasteiger partial charge in [-0.15, -0.1) is 0 Å². The normalized spacial score (nSPS) is 12.9. The van der Waals surface area contributed by atoms with Gasteiger partial charge < -0.3 is 10.2 Å². The summed E-state index contributed by atoms with van der Waals surface area (Å²) in [6.45, 7) is 3.59. The van der Waals surface area contributed by atoms with Crippen molar-refractivity contribution in [3.8, 4) is 5.75 Å². The van der Waals surface area contributed by atoms with Crippen LogP contribution in [0.5, 0.6) is 5.75 Å². The van der Waals surface area contributed by atoms with Crippen molar-refractivity contribution in [3.63, 3.8) is 0 Å². The molecule has 0 bridgehead atoms. The molecule has 0 saturated carbocycles. The van der Waals surface area contributed by atoms with E-state index in [1.165, 1.54) is 0 Å². The number of phenolic OH excluding ortho intramolecular Hbond substituents is 1. The van der Waals surface area contributed by atoms with Crippen LogP contribution in [0.1, 0.15) is 18.1 Å². The fraction of sp³-hybridized carbons (Fsp3) is 0.400. The lowest BCUT2D eigenvalue weighted by molar-refractivity contribution is 0.195. The second-order valence-electron chi connectivity index (χ2n) is 3.11. The van der Waals surface area contributed by atoms with Gasteiger partial charge in [0, 0.05) is 0 Å². The molecule has 1 unspecified atom stereocenters. The van der Waals surface area contributed by atoms with Crippen LogP contribution in [0.2, 0.25) is 0 Å². The maximum atomic E-state index is 9.33. The van der Waals surface area contributed by atoms with E-state index in [2.05, 4.69) is 0 Å². The zero-order chi connectivity index (χ0) is 9.14. The Bertz CT molecular complexity index is 267. The Kier molecular flexibility index (Phi) is 2.71. The Morgan fingerprint density at radius 1 is 1.42 bits per heavy atom. The molecule has 0 amide bonds. The molecule has 0 aliphatic carbocycles. The van der Waals surface area contributed by atoms with E-state index in [1.54, 1.807) is 19.1 Å². The smallest absolute Gasteiger partial charge is 0.118 e. The molecule has 1 aromatic rings. The summed E-state index contributed by atoms with van der Waals surface area (Å²) >= 11 is 0. The summed E-state index contributed by atoms with van der Waals surface area (Å²) in [7, 11) is 0. The molecule has 0 spiro atoms. The number of rotatable bonds is 2. The maximum Gasteiger partial charge on any atom is 0.118 e. The van der Waals surface area contributed by atoms with Crippen molar-refractivity contribution in [3.05, 3.63) is 29.3 Å². The number of benzene rings is 1. The predicted molar refractivity (Wildman–Crippen MR) is 48.2 cm³/mol. The summed E-state index contributed by atoms with van der Waals surface area (Å²) in [5.74, 6) is 0.299. The Morgan fingerprint density at radius 3 is 2.67 bits per heavy atom. The lowest BCUT2D eigenvalue weighted by Gasteiger charge is -2.08. The van der Waals surface area contributed by atoms with E-state index >= 15 is 0 Å². The summed E-state index contributed by atoms with van der Waals surface area (Å²) in [5.41, 5.74) is 1.86. The molecule has 1 rings (SSSR count). The molecule has 12 heavy (non-hydrogen) atoms. The highest BCUT2D eigenvalue weighted by atomic mass is 16.3. The average molecular weight is 166 g/mol. The molecule has 0 saturated heterocycles. The quantitative estimate of drug-likeness (QED) is 0.701. The van der Waals surface area contributed by atoms with Crippen molar-refractivity contribution in [2.75, 3.05) is 0 Å². The highest BCUT2D eigenvalue weighted by Gasteiger charge is 2.04. The van der Waals surface area contributed by atoms with E-state index in [1.807, 2.05) is 13.0 Å². The van der Waals surface area contributed by atoms with Crippen molar-refractivity contribution in [2.45, 2.75) is 26.4 Å². The van der Waals surface area contributed by atoms with E-state index in [0.29, 0.717) is 12.2 Å². The number of phenols is 1. The van der Waals surface area contributed by atoms with E-state index in [9.17, 15) is 5.11 Å². The van der Waals surface area contributed by atoms with Crippen molar-refractivity contribution in [2.24, 2.45) is 0 Å². The van der Waals surface area contributed by atoms with E-state index in [4.69, 9.17) is 5.11 Å². The molecule has 1 aromatic carbocycles. The SMILES string of the molecule is Cc1c(O)cccc1CC(C)O. The third-order valence-electron chi connectivity index (χ3n) is 1.93. The van der Waals surface area contributed by atoms with E-state index in [0.717, 1.165) is 11.1 Å². The van der Waals surface area contributed by atoms with Gasteiger partial charge in [-0.2, -0.15) is 0 Å². The Balaban J connectivity index is 2.92. The Labute approximate surface area is 72.5 Å². The van der Waals surface area contributed by atoms with Gasteiger partial charge in [0.25, 0.3) is 0 Å². The van der Waals surface area contributed by atoms with Gasteiger partial charge in [-0.3, -0.25) is 0 Å². The zero-order valence-corrected chi connectivity index (χ0v) is 7.41. The molecule has 2 N–H and O–H groups in total. The van der Waals surface area contributed by atoms with Gasteiger partial charge in [-0.25, -0.2) is 0 Å². The van der Waals surface area contributed by atoms with Gasteiger partial charge in [0.2, 0.25) is 0 Å². The Hall–Kier alpha value is -1.02. The van der Waals surface area contributed by atoms with Crippen LogP contribution in [0, 0.1) is 6.92 Å². The fourth-order valence-electron chi connectivity index (χ4n) is 1.21. The lowest BCUT2D eigenvalue weighted by Crippen LogP contribution is -2.05. The highest BCUT2D eigenvalue weighted by Crippen LogP contribution is 2.20. The molecule has 2 heteroatoms. The Morgan fingerprint density at radius 2 is 2.08 bits per heavy atom. The summed E-state index contributed by atoms with van der Waals surface area (Å²) in [6, 6.07) is 5.36. The first-order chi connectivity index (χ1) is 5.61. The first kappa shape index (κ1) is 9.07. The molecule has 0 aromatic heterocycles. The van der Waals surface area contributed by atoms with Crippen LogP contribution in [0.4, 0.5) is 0 Å². The van der Waals surface area contributed by atoms with E-state index < -0.39 is 0 Å². The first-order valence-corrected chi connectivity index (χ1v) is 4.06. The van der Waals surface area contributed by atoms with Gasteiger partial charge in [0.05, 0.1) is 6.10 Å². The second kappa shape index (κ2) is 3.59. The van der Waals surface area contributed by atoms with Gasteiger partial charge in [0.15, 0.2) is 0 Å². The van der Waals surface area contributed by atoms with Crippen LogP contribution in [0.15, 0.2) is 18.2 Å². The van der Waals surface area contributed by atoms with Gasteiger partial charge >= 0.3 is 0 Å². The fourth-order valence-corrected chi connectivity index (χ4v) is 1.21. The highest BCUT2D eigenvalue weighted by molar-refractivity contribution is 5.38. The van der Waals surface area contributed by atoms with Crippen LogP contribution in [-0.2, 0) is 6.42 Å². The molecule has 0 aliphatic heterocycles. The van der Waals surface area contributed by atoms with Crippen LogP contribution in [0.25, 0.3) is 0 Å². The molecule has 0 aliphatic rings. The van der Waals surface area contributed by atoms with Crippen LogP contribution in [-0.4, -0.2) is 16.3 Å². The van der Waals surface area contributed by atoms with Crippen molar-refractivity contribution in [1.29, 1.82) is 0 Å². The summed E-state index contributed by atoms with van der Waals surface area (Å²) in [6.07, 6.45) is 0.241. The van der Waals surface area contributed by atoms with Gasteiger partial charge in [-0.05, 0) is 37.5 Å². The predicted octanol–water partition coefficient (Wildman–Crippen LogP) is 1.62. The maximum absolute atomic E-state index is 9.33. The van der Waals surface area contributed by atoms with Crippen LogP contribution in [0.3, 0.4) is 0 Å². The van der Waals surface area contributed by atoms with E-state index in [-0.39, 0.29) is 6.10 Å². The zero-order valence-electron chi connectivity index (χ0n) is 7.41. The standard InChI is InChI=1S/C10H14O2/c1-7(11)6-9-4-3-5-10(12)8(9)2/h3-5,7,11-12H,6H2,1-2H3. The summed E-state index contributed by atoms with van der Waals surface area (Å²) in [4.78, 5) is 0. The van der Waals surface area contributed by atoms with Gasteiger partial charge in [-0.1, -0.05) is 12.1 Å². The molecule has 0 fully saturated rings. The largest absolute Gasteiger partial charge is 0.508 e. The third-order valence-corrected chi connectivity index (χ3v) is 1.93. The minimum Gasteiger partial charge on any atom is -0.508 e. The van der Waals surface area contributed by atoms with Crippen LogP contribution >= 0.6 is 0 Å². The molecule has 66 valence electrons. The van der Waals surface area contributed by atoms with Crippen LogP contribution < -0.4 is 0 Å². The molecule has 1 atom stereocenters. The molecule has 0 heterocycles. The minimum atomic E-state index is -0.356. The number of aliphatic hydroxyl groups is 1. The van der Waals surface area contributed by atoms with Crippen molar-refractivity contribution < 1.29 is 10.2 Å². The van der Waals surface area contributed by atoms with Crippen molar-refractivity contribution in [1.82, 2.24) is 0 Å². The number of aliphatic hydroxyl groups excluding tert-OH is 1. The minimum absolute atomic E-state index is 0.299. The molecule has 0 radical (unpaired) electrons. The number of hydrogen-bond donors (Lipinski definition) is 2. The molecular formula is C10H14O2. The van der Waals surface area contributed by atoms with Crippen molar-refractivity contribution >= 4 is 0 Å². The number of hydrogen-bond acceptors (Lipinski definition) is 2. The lowest BCUT2D eigenvalue weighted by atomic mass is 10.0. The second-order valence-corrected chi connectivity index (χ2v) is 3.11. The number of aromatic hydroxyl groups is 1. The third kappa shape index (κ3) is 1.98. The first-order valence-electron chi connectivity index (χ1n) is 4.06. The monoisotopic (exact) mass is 166 g/mol. The van der Waals surface area contributed by atoms with Gasteiger partial charge in [0.1, 0.15) is 5.75 Å². The summed E-state index contributed by atoms with van der Waals surface area (Å²) in [5, 5.41) is 18.5. The summed E-state index contributed by atoms with van der Waals surface area (Å²) < 4.78 is 0.